The second-order valence-electron chi connectivity index (χ2n) is 5.74. The molecular formula is C18H22N2O3. The number of aliphatic carboxylic acids is 1. The fourth-order valence-electron chi connectivity index (χ4n) is 2.60. The molecule has 2 aromatic carbocycles. The third kappa shape index (κ3) is 4.79. The molecule has 2 rings (SSSR count). The minimum Gasteiger partial charge on any atom is -0.481 e. The van der Waals surface area contributed by atoms with Crippen LogP contribution in [0.4, 0.5) is 0 Å². The smallest absolute Gasteiger partial charge is 0.304 e. The van der Waals surface area contributed by atoms with Crippen LogP contribution in [0.2, 0.25) is 0 Å². The van der Waals surface area contributed by atoms with Gasteiger partial charge in [0.25, 0.3) is 0 Å². The Morgan fingerprint density at radius 1 is 1.17 bits per heavy atom. The first-order valence-electron chi connectivity index (χ1n) is 7.64. The Morgan fingerprint density at radius 2 is 1.87 bits per heavy atom. The number of amides is 1. The van der Waals surface area contributed by atoms with Gasteiger partial charge in [0, 0.05) is 6.54 Å². The molecule has 0 radical (unpaired) electrons. The number of hydrogen-bond acceptors (Lipinski definition) is 3. The van der Waals surface area contributed by atoms with Crippen LogP contribution in [-0.2, 0) is 9.59 Å². The van der Waals surface area contributed by atoms with Crippen molar-refractivity contribution in [3.05, 3.63) is 48.0 Å². The number of carboxylic acids is 1. The van der Waals surface area contributed by atoms with E-state index < -0.39 is 5.97 Å². The summed E-state index contributed by atoms with van der Waals surface area (Å²) in [5.41, 5.74) is 1.07. The number of likely N-dealkylation sites (N-methyl/N-ethyl adjacent to an activating group) is 1. The monoisotopic (exact) mass is 314 g/mol. The number of hydrogen-bond donors (Lipinski definition) is 2. The van der Waals surface area contributed by atoms with E-state index >= 15 is 0 Å². The van der Waals surface area contributed by atoms with Crippen LogP contribution >= 0.6 is 0 Å². The van der Waals surface area contributed by atoms with Gasteiger partial charge in [-0.3, -0.25) is 14.5 Å². The highest BCUT2D eigenvalue weighted by Gasteiger charge is 2.14. The number of carboxylic acid groups (broad SMARTS) is 1. The maximum Gasteiger partial charge on any atom is 0.304 e. The van der Waals surface area contributed by atoms with Crippen molar-refractivity contribution in [1.29, 1.82) is 0 Å². The van der Waals surface area contributed by atoms with Gasteiger partial charge in [-0.05, 0) is 30.3 Å². The Kier molecular flexibility index (Phi) is 5.71. The molecule has 122 valence electrons. The summed E-state index contributed by atoms with van der Waals surface area (Å²) >= 11 is 0. The van der Waals surface area contributed by atoms with Crippen molar-refractivity contribution in [3.8, 4) is 0 Å². The lowest BCUT2D eigenvalue weighted by Crippen LogP contribution is -2.37. The lowest BCUT2D eigenvalue weighted by Gasteiger charge is -2.19. The van der Waals surface area contributed by atoms with Gasteiger partial charge in [-0.1, -0.05) is 42.5 Å². The lowest BCUT2D eigenvalue weighted by molar-refractivity contribution is -0.137. The van der Waals surface area contributed by atoms with E-state index in [1.807, 2.05) is 49.4 Å². The normalized spacial score (nSPS) is 12.3. The average Bonchev–Trinajstić information content (AvgIpc) is 2.52. The molecule has 0 aliphatic rings. The van der Waals surface area contributed by atoms with Gasteiger partial charge in [-0.15, -0.1) is 0 Å². The summed E-state index contributed by atoms with van der Waals surface area (Å²) in [6, 6.07) is 14.0. The minimum atomic E-state index is -0.860. The van der Waals surface area contributed by atoms with Gasteiger partial charge < -0.3 is 10.4 Å². The fourth-order valence-corrected chi connectivity index (χ4v) is 2.60. The third-order valence-electron chi connectivity index (χ3n) is 3.79. The van der Waals surface area contributed by atoms with E-state index in [0.29, 0.717) is 6.54 Å². The molecule has 5 nitrogen and oxygen atoms in total. The number of nitrogens with one attached hydrogen (secondary N) is 1. The molecular weight excluding hydrogens is 292 g/mol. The van der Waals surface area contributed by atoms with E-state index in [1.165, 1.54) is 0 Å². The molecule has 0 saturated heterocycles. The molecule has 2 N–H and O–H groups in total. The molecule has 0 spiro atoms. The molecule has 0 heterocycles. The first kappa shape index (κ1) is 17.0. The summed E-state index contributed by atoms with van der Waals surface area (Å²) in [5.74, 6) is -0.972. The Morgan fingerprint density at radius 3 is 2.61 bits per heavy atom. The maximum atomic E-state index is 12.1. The molecule has 0 bridgehead atoms. The number of benzene rings is 2. The quantitative estimate of drug-likeness (QED) is 0.823. The molecule has 0 aliphatic carbocycles. The van der Waals surface area contributed by atoms with Gasteiger partial charge in [0.2, 0.25) is 5.91 Å². The van der Waals surface area contributed by atoms with E-state index in [2.05, 4.69) is 5.32 Å². The maximum absolute atomic E-state index is 12.1. The molecule has 0 fully saturated rings. The molecule has 0 aromatic heterocycles. The summed E-state index contributed by atoms with van der Waals surface area (Å²) in [6.45, 7) is 2.49. The zero-order chi connectivity index (χ0) is 16.8. The first-order valence-corrected chi connectivity index (χ1v) is 7.64. The molecule has 0 saturated carbocycles. The highest BCUT2D eigenvalue weighted by atomic mass is 16.4. The van der Waals surface area contributed by atoms with Crippen LogP contribution in [0.1, 0.15) is 24.9 Å². The highest BCUT2D eigenvalue weighted by molar-refractivity contribution is 5.87. The van der Waals surface area contributed by atoms with Crippen molar-refractivity contribution < 1.29 is 14.7 Å². The molecule has 1 unspecified atom stereocenters. The largest absolute Gasteiger partial charge is 0.481 e. The van der Waals surface area contributed by atoms with Crippen LogP contribution in [0.3, 0.4) is 0 Å². The van der Waals surface area contributed by atoms with Gasteiger partial charge in [-0.2, -0.15) is 0 Å². The summed E-state index contributed by atoms with van der Waals surface area (Å²) in [7, 11) is 1.74. The molecule has 2 aromatic rings. The van der Waals surface area contributed by atoms with E-state index in [1.54, 1.807) is 11.9 Å². The van der Waals surface area contributed by atoms with Gasteiger partial charge in [0.15, 0.2) is 0 Å². The zero-order valence-electron chi connectivity index (χ0n) is 13.5. The zero-order valence-corrected chi connectivity index (χ0v) is 13.5. The average molecular weight is 314 g/mol. The van der Waals surface area contributed by atoms with Crippen molar-refractivity contribution in [3.63, 3.8) is 0 Å². The van der Waals surface area contributed by atoms with E-state index in [4.69, 9.17) is 5.11 Å². The van der Waals surface area contributed by atoms with Crippen LogP contribution < -0.4 is 5.32 Å². The van der Waals surface area contributed by atoms with Crippen LogP contribution in [0.25, 0.3) is 10.8 Å². The van der Waals surface area contributed by atoms with Gasteiger partial charge in [0.1, 0.15) is 0 Å². The number of rotatable bonds is 7. The lowest BCUT2D eigenvalue weighted by atomic mass is 10.00. The molecule has 5 heteroatoms. The van der Waals surface area contributed by atoms with E-state index in [9.17, 15) is 9.59 Å². The van der Waals surface area contributed by atoms with Crippen molar-refractivity contribution in [2.24, 2.45) is 0 Å². The third-order valence-corrected chi connectivity index (χ3v) is 3.79. The van der Waals surface area contributed by atoms with Crippen LogP contribution in [0, 0.1) is 0 Å². The van der Waals surface area contributed by atoms with Crippen LogP contribution in [0.5, 0.6) is 0 Å². The second-order valence-corrected chi connectivity index (χ2v) is 5.74. The topological polar surface area (TPSA) is 69.6 Å². The summed E-state index contributed by atoms with van der Waals surface area (Å²) in [4.78, 5) is 24.4. The van der Waals surface area contributed by atoms with Gasteiger partial charge in [-0.25, -0.2) is 0 Å². The van der Waals surface area contributed by atoms with E-state index in [-0.39, 0.29) is 24.9 Å². The standard InChI is InChI=1S/C18H22N2O3/c1-13(19-17(21)12-20(2)11-10-18(22)23)15-9-5-7-14-6-3-4-8-16(14)15/h3-9,13H,10-12H2,1-2H3,(H,19,21)(H,22,23). The Balaban J connectivity index is 1.99. The Bertz CT molecular complexity index is 694. The predicted octanol–water partition coefficient (Wildman–Crippen LogP) is 2.42. The minimum absolute atomic E-state index is 0.0304. The number of fused-ring (bicyclic) bond motifs is 1. The predicted molar refractivity (Wildman–Crippen MR) is 90.3 cm³/mol. The number of carbonyl (C=O) groups excluding carboxylic acids is 1. The number of nitrogens with zero attached hydrogens (tertiary/aromatic N) is 1. The van der Waals surface area contributed by atoms with Crippen LogP contribution in [0.15, 0.2) is 42.5 Å². The van der Waals surface area contributed by atoms with Gasteiger partial charge >= 0.3 is 5.97 Å². The molecule has 1 atom stereocenters. The van der Waals surface area contributed by atoms with E-state index in [0.717, 1.165) is 16.3 Å². The fraction of sp³-hybridized carbons (Fsp3) is 0.333. The first-order chi connectivity index (χ1) is 11.0. The van der Waals surface area contributed by atoms with Crippen molar-refractivity contribution in [2.75, 3.05) is 20.1 Å². The molecule has 23 heavy (non-hydrogen) atoms. The summed E-state index contributed by atoms with van der Waals surface area (Å²) < 4.78 is 0. The van der Waals surface area contributed by atoms with Crippen LogP contribution in [-0.4, -0.2) is 42.0 Å². The van der Waals surface area contributed by atoms with Gasteiger partial charge in [0.05, 0.1) is 19.0 Å². The summed E-state index contributed by atoms with van der Waals surface area (Å²) in [5, 5.41) is 13.9. The van der Waals surface area contributed by atoms with Crippen molar-refractivity contribution >= 4 is 22.6 Å². The Labute approximate surface area is 135 Å². The van der Waals surface area contributed by atoms with Crippen molar-refractivity contribution in [2.45, 2.75) is 19.4 Å². The summed E-state index contributed by atoms with van der Waals surface area (Å²) in [6.07, 6.45) is 0.0304. The Hall–Kier alpha value is -2.40. The second kappa shape index (κ2) is 7.74. The molecule has 0 aliphatic heterocycles. The number of carbonyl (C=O) groups is 2. The molecule has 1 amide bonds. The van der Waals surface area contributed by atoms with Crippen molar-refractivity contribution in [1.82, 2.24) is 10.2 Å². The SMILES string of the molecule is CC(NC(=O)CN(C)CCC(=O)O)c1cccc2ccccc12. The highest BCUT2D eigenvalue weighted by Crippen LogP contribution is 2.23.